The number of benzene rings is 1. The lowest BCUT2D eigenvalue weighted by Crippen LogP contribution is -2.25. The fourth-order valence-corrected chi connectivity index (χ4v) is 1.70. The normalized spacial score (nSPS) is 10.5. The number of nitrogens with zero attached hydrogens (tertiary/aromatic N) is 1. The van der Waals surface area contributed by atoms with Gasteiger partial charge in [0.15, 0.2) is 5.56 Å². The van der Waals surface area contributed by atoms with Crippen LogP contribution in [-0.2, 0) is 0 Å². The van der Waals surface area contributed by atoms with Gasteiger partial charge >= 0.3 is 0 Å². The Kier molecular flexibility index (Phi) is 6.22. The van der Waals surface area contributed by atoms with E-state index in [1.165, 1.54) is 12.1 Å². The SMILES string of the molecule is C/C=C/CCNC(=O)c1c(OCC)cccc1[N+](=O)[O-]. The monoisotopic (exact) mass is 278 g/mol. The summed E-state index contributed by atoms with van der Waals surface area (Å²) in [7, 11) is 0. The first kappa shape index (κ1) is 15.7. The van der Waals surface area contributed by atoms with Crippen molar-refractivity contribution in [1.82, 2.24) is 5.32 Å². The van der Waals surface area contributed by atoms with Crippen molar-refractivity contribution in [3.63, 3.8) is 0 Å². The van der Waals surface area contributed by atoms with Gasteiger partial charge < -0.3 is 10.1 Å². The molecule has 108 valence electrons. The molecule has 0 saturated carbocycles. The predicted octanol–water partition coefficient (Wildman–Crippen LogP) is 2.69. The molecule has 6 heteroatoms. The number of allylic oxidation sites excluding steroid dienone is 1. The van der Waals surface area contributed by atoms with Crippen LogP contribution in [0.25, 0.3) is 0 Å². The summed E-state index contributed by atoms with van der Waals surface area (Å²) in [5.41, 5.74) is -0.278. The maximum Gasteiger partial charge on any atom is 0.285 e. The molecule has 1 aromatic carbocycles. The zero-order chi connectivity index (χ0) is 15.0. The van der Waals surface area contributed by atoms with E-state index in [1.807, 2.05) is 19.1 Å². The zero-order valence-electron chi connectivity index (χ0n) is 11.6. The molecule has 0 spiro atoms. The number of carbonyl (C=O) groups is 1. The van der Waals surface area contributed by atoms with Crippen molar-refractivity contribution in [3.8, 4) is 5.75 Å². The molecule has 1 aromatic rings. The van der Waals surface area contributed by atoms with Crippen LogP contribution in [0.2, 0.25) is 0 Å². The summed E-state index contributed by atoms with van der Waals surface area (Å²) in [4.78, 5) is 22.5. The molecule has 0 aliphatic heterocycles. The second kappa shape index (κ2) is 7.93. The van der Waals surface area contributed by atoms with Gasteiger partial charge in [0, 0.05) is 12.6 Å². The molecule has 0 aliphatic rings. The third kappa shape index (κ3) is 4.08. The molecule has 0 atom stereocenters. The Balaban J connectivity index is 2.99. The average molecular weight is 278 g/mol. The lowest BCUT2D eigenvalue weighted by atomic mass is 10.1. The molecule has 6 nitrogen and oxygen atoms in total. The van der Waals surface area contributed by atoms with E-state index in [4.69, 9.17) is 4.74 Å². The highest BCUT2D eigenvalue weighted by molar-refractivity contribution is 6.00. The molecule has 0 aliphatic carbocycles. The Bertz CT molecular complexity index is 512. The van der Waals surface area contributed by atoms with E-state index in [0.29, 0.717) is 19.6 Å². The number of carbonyl (C=O) groups excluding carboxylic acids is 1. The molecule has 1 amide bonds. The summed E-state index contributed by atoms with van der Waals surface area (Å²) in [5, 5.41) is 13.7. The maximum atomic E-state index is 12.1. The van der Waals surface area contributed by atoms with Crippen molar-refractivity contribution in [1.29, 1.82) is 0 Å². The summed E-state index contributed by atoms with van der Waals surface area (Å²) in [6.07, 6.45) is 4.46. The Labute approximate surface area is 117 Å². The Hall–Kier alpha value is -2.37. The third-order valence-electron chi connectivity index (χ3n) is 2.56. The van der Waals surface area contributed by atoms with Crippen molar-refractivity contribution < 1.29 is 14.5 Å². The average Bonchev–Trinajstić information content (AvgIpc) is 2.43. The standard InChI is InChI=1S/C14H18N2O4/c1-3-5-6-10-15-14(17)13-11(16(18)19)8-7-9-12(13)20-4-2/h3,5,7-9H,4,6,10H2,1-2H3,(H,15,17)/b5-3+. The number of nitro benzene ring substituents is 1. The van der Waals surface area contributed by atoms with E-state index in [0.717, 1.165) is 0 Å². The number of ether oxygens (including phenoxy) is 1. The predicted molar refractivity (Wildman–Crippen MR) is 76.0 cm³/mol. The number of hydrogen-bond acceptors (Lipinski definition) is 4. The van der Waals surface area contributed by atoms with Crippen LogP contribution in [0.1, 0.15) is 30.6 Å². The van der Waals surface area contributed by atoms with E-state index >= 15 is 0 Å². The van der Waals surface area contributed by atoms with Crippen LogP contribution >= 0.6 is 0 Å². The molecular formula is C14H18N2O4. The van der Waals surface area contributed by atoms with Gasteiger partial charge in [0.2, 0.25) is 0 Å². The van der Waals surface area contributed by atoms with Crippen molar-refractivity contribution in [2.45, 2.75) is 20.3 Å². The van der Waals surface area contributed by atoms with Gasteiger partial charge in [0.05, 0.1) is 11.5 Å². The van der Waals surface area contributed by atoms with E-state index in [2.05, 4.69) is 5.32 Å². The second-order valence-electron chi connectivity index (χ2n) is 3.95. The molecule has 0 unspecified atom stereocenters. The fourth-order valence-electron chi connectivity index (χ4n) is 1.70. The van der Waals surface area contributed by atoms with Gasteiger partial charge in [0.1, 0.15) is 5.75 Å². The molecule has 0 aromatic heterocycles. The minimum atomic E-state index is -0.580. The first-order valence-electron chi connectivity index (χ1n) is 6.41. The highest BCUT2D eigenvalue weighted by Crippen LogP contribution is 2.28. The van der Waals surface area contributed by atoms with Crippen LogP contribution in [0.5, 0.6) is 5.75 Å². The minimum Gasteiger partial charge on any atom is -0.493 e. The zero-order valence-corrected chi connectivity index (χ0v) is 11.6. The van der Waals surface area contributed by atoms with Gasteiger partial charge in [-0.05, 0) is 26.3 Å². The first-order chi connectivity index (χ1) is 9.61. The Morgan fingerprint density at radius 2 is 2.25 bits per heavy atom. The molecule has 0 saturated heterocycles. The molecule has 0 radical (unpaired) electrons. The van der Waals surface area contributed by atoms with Crippen molar-refractivity contribution >= 4 is 11.6 Å². The van der Waals surface area contributed by atoms with Gasteiger partial charge in [-0.3, -0.25) is 14.9 Å². The van der Waals surface area contributed by atoms with Crippen LogP contribution in [0, 0.1) is 10.1 Å². The third-order valence-corrected chi connectivity index (χ3v) is 2.56. The highest BCUT2D eigenvalue weighted by Gasteiger charge is 2.24. The van der Waals surface area contributed by atoms with Gasteiger partial charge in [-0.1, -0.05) is 18.2 Å². The van der Waals surface area contributed by atoms with Crippen LogP contribution in [-0.4, -0.2) is 24.0 Å². The minimum absolute atomic E-state index is 0.0279. The fraction of sp³-hybridized carbons (Fsp3) is 0.357. The smallest absolute Gasteiger partial charge is 0.285 e. The van der Waals surface area contributed by atoms with Crippen LogP contribution < -0.4 is 10.1 Å². The van der Waals surface area contributed by atoms with Crippen LogP contribution in [0.15, 0.2) is 30.4 Å². The molecule has 0 bridgehead atoms. The lowest BCUT2D eigenvalue weighted by molar-refractivity contribution is -0.385. The molecule has 1 rings (SSSR count). The lowest BCUT2D eigenvalue weighted by Gasteiger charge is -2.10. The van der Waals surface area contributed by atoms with E-state index < -0.39 is 10.8 Å². The van der Waals surface area contributed by atoms with Crippen molar-refractivity contribution in [3.05, 3.63) is 46.0 Å². The number of amides is 1. The van der Waals surface area contributed by atoms with Gasteiger partial charge in [-0.15, -0.1) is 0 Å². The number of hydrogen-bond donors (Lipinski definition) is 1. The number of rotatable bonds is 7. The van der Waals surface area contributed by atoms with E-state index in [1.54, 1.807) is 13.0 Å². The van der Waals surface area contributed by atoms with Crippen molar-refractivity contribution in [2.24, 2.45) is 0 Å². The Morgan fingerprint density at radius 3 is 2.85 bits per heavy atom. The summed E-state index contributed by atoms with van der Waals surface area (Å²) in [5.74, 6) is -0.268. The van der Waals surface area contributed by atoms with E-state index in [9.17, 15) is 14.9 Å². The molecule has 0 heterocycles. The highest BCUT2D eigenvalue weighted by atomic mass is 16.6. The summed E-state index contributed by atoms with van der Waals surface area (Å²) in [6, 6.07) is 4.35. The van der Waals surface area contributed by atoms with Crippen molar-refractivity contribution in [2.75, 3.05) is 13.2 Å². The number of nitrogens with one attached hydrogen (secondary N) is 1. The topological polar surface area (TPSA) is 81.5 Å². The van der Waals surface area contributed by atoms with Gasteiger partial charge in [-0.25, -0.2) is 0 Å². The molecular weight excluding hydrogens is 260 g/mol. The summed E-state index contributed by atoms with van der Waals surface area (Å²) in [6.45, 7) is 4.39. The summed E-state index contributed by atoms with van der Waals surface area (Å²) < 4.78 is 5.30. The molecule has 20 heavy (non-hydrogen) atoms. The summed E-state index contributed by atoms with van der Waals surface area (Å²) >= 11 is 0. The Morgan fingerprint density at radius 1 is 1.50 bits per heavy atom. The van der Waals surface area contributed by atoms with Crippen LogP contribution in [0.3, 0.4) is 0 Å². The molecule has 1 N–H and O–H groups in total. The van der Waals surface area contributed by atoms with E-state index in [-0.39, 0.29) is 17.0 Å². The van der Waals surface area contributed by atoms with Gasteiger partial charge in [-0.2, -0.15) is 0 Å². The largest absolute Gasteiger partial charge is 0.493 e. The quantitative estimate of drug-likeness (QED) is 0.360. The number of nitro groups is 1. The van der Waals surface area contributed by atoms with Gasteiger partial charge in [0.25, 0.3) is 11.6 Å². The second-order valence-corrected chi connectivity index (χ2v) is 3.95. The maximum absolute atomic E-state index is 12.1. The first-order valence-corrected chi connectivity index (χ1v) is 6.41. The molecule has 0 fully saturated rings. The van der Waals surface area contributed by atoms with Crippen LogP contribution in [0.4, 0.5) is 5.69 Å².